The summed E-state index contributed by atoms with van der Waals surface area (Å²) in [6, 6.07) is 17.5. The molecule has 0 atom stereocenters. The standard InChI is InChI=1S/C28H20BF8.C11H17N/c1-13-5-9-17(30)21(25(13)34)29(22-18(31)10-6-14(2)26(22)35,23-19(32)11-7-15(3)27(23)36)24-20(33)12-8-16(4)28(24)37;1-3-12(4-2)10-11-8-6-5-7-9-11/h5-12H,1-4H3;5-9H,3-4,10H2,1-2H3/q-1;/p+1. The summed E-state index contributed by atoms with van der Waals surface area (Å²) in [5, 5.41) is 0. The molecule has 0 heterocycles. The van der Waals surface area contributed by atoms with Gasteiger partial charge >= 0.3 is 0 Å². The Morgan fingerprint density at radius 1 is 0.429 bits per heavy atom. The lowest BCUT2D eigenvalue weighted by Crippen LogP contribution is -3.10. The lowest BCUT2D eigenvalue weighted by molar-refractivity contribution is -0.910. The van der Waals surface area contributed by atoms with Crippen LogP contribution in [0.1, 0.15) is 41.7 Å². The fraction of sp³-hybridized carbons (Fsp3) is 0.231. The molecule has 49 heavy (non-hydrogen) atoms. The van der Waals surface area contributed by atoms with Crippen molar-refractivity contribution in [2.24, 2.45) is 0 Å². The SMILES string of the molecule is CC[NH+](CC)Cc1ccccc1.Cc1ccc(F)c([B-](c2c(F)ccc(C)c2F)(c2c(F)ccc(C)c2F)c2c(F)ccc(C)c2F)c1F. The molecular weight excluding hydrogens is 645 g/mol. The molecule has 0 unspecified atom stereocenters. The van der Waals surface area contributed by atoms with E-state index in [0.29, 0.717) is 24.3 Å². The molecule has 258 valence electrons. The third-order valence-electron chi connectivity index (χ3n) is 9.31. The van der Waals surface area contributed by atoms with Gasteiger partial charge in [0.15, 0.2) is 0 Å². The first-order chi connectivity index (χ1) is 23.2. The number of benzene rings is 5. The van der Waals surface area contributed by atoms with E-state index < -0.39 is 74.5 Å². The van der Waals surface area contributed by atoms with Gasteiger partial charge in [0.05, 0.1) is 59.6 Å². The van der Waals surface area contributed by atoms with Gasteiger partial charge in [0.2, 0.25) is 0 Å². The van der Waals surface area contributed by atoms with Crippen LogP contribution >= 0.6 is 0 Å². The van der Waals surface area contributed by atoms with E-state index >= 15 is 35.1 Å². The van der Waals surface area contributed by atoms with Gasteiger partial charge in [0, 0.05) is 5.56 Å². The number of hydrogen-bond acceptors (Lipinski definition) is 0. The zero-order valence-electron chi connectivity index (χ0n) is 28.2. The molecule has 0 spiro atoms. The first kappa shape index (κ1) is 37.4. The van der Waals surface area contributed by atoms with E-state index in [-0.39, 0.29) is 22.3 Å². The third kappa shape index (κ3) is 7.02. The lowest BCUT2D eigenvalue weighted by atomic mass is 9.12. The highest BCUT2D eigenvalue weighted by Gasteiger charge is 2.46. The van der Waals surface area contributed by atoms with E-state index in [9.17, 15) is 0 Å². The van der Waals surface area contributed by atoms with E-state index in [1.165, 1.54) is 46.3 Å². The van der Waals surface area contributed by atoms with Crippen LogP contribution in [0.15, 0.2) is 78.9 Å². The number of halogens is 8. The van der Waals surface area contributed by atoms with Crippen LogP contribution < -0.4 is 26.8 Å². The van der Waals surface area contributed by atoms with Crippen molar-refractivity contribution in [2.45, 2.75) is 48.1 Å². The molecule has 0 bridgehead atoms. The number of nitrogens with one attached hydrogen (secondary N) is 1. The zero-order valence-corrected chi connectivity index (χ0v) is 28.2. The molecule has 1 nitrogen and oxygen atoms in total. The maximum Gasteiger partial charge on any atom is 0.136 e. The highest BCUT2D eigenvalue weighted by atomic mass is 19.2. The van der Waals surface area contributed by atoms with E-state index in [4.69, 9.17) is 0 Å². The summed E-state index contributed by atoms with van der Waals surface area (Å²) in [5.74, 6) is -11.8. The minimum atomic E-state index is -4.50. The van der Waals surface area contributed by atoms with Gasteiger partial charge in [-0.1, -0.05) is 54.6 Å². The summed E-state index contributed by atoms with van der Waals surface area (Å²) in [4.78, 5) is 1.64. The van der Waals surface area contributed by atoms with Crippen molar-refractivity contribution < 1.29 is 40.0 Å². The van der Waals surface area contributed by atoms with Crippen LogP contribution in [0.4, 0.5) is 35.1 Å². The summed E-state index contributed by atoms with van der Waals surface area (Å²) in [7, 11) is 0. The average Bonchev–Trinajstić information content (AvgIpc) is 3.08. The van der Waals surface area contributed by atoms with Crippen LogP contribution in [0.2, 0.25) is 0 Å². The number of quaternary nitrogens is 1. The summed E-state index contributed by atoms with van der Waals surface area (Å²) in [6.45, 7) is 12.8. The Morgan fingerprint density at radius 3 is 0.980 bits per heavy atom. The average molecular weight is 684 g/mol. The molecule has 10 heteroatoms. The van der Waals surface area contributed by atoms with Crippen molar-refractivity contribution in [3.8, 4) is 0 Å². The Morgan fingerprint density at radius 2 is 0.714 bits per heavy atom. The Bertz CT molecular complexity index is 1720. The molecule has 5 aromatic rings. The lowest BCUT2D eigenvalue weighted by Gasteiger charge is -2.45. The van der Waals surface area contributed by atoms with Gasteiger partial charge in [0.25, 0.3) is 0 Å². The van der Waals surface area contributed by atoms with E-state index in [1.54, 1.807) is 4.90 Å². The molecule has 0 fully saturated rings. The second-order valence-electron chi connectivity index (χ2n) is 12.4. The fourth-order valence-corrected chi connectivity index (χ4v) is 6.55. The van der Waals surface area contributed by atoms with Crippen molar-refractivity contribution in [3.63, 3.8) is 0 Å². The van der Waals surface area contributed by atoms with Crippen LogP contribution in [0, 0.1) is 74.2 Å². The van der Waals surface area contributed by atoms with Gasteiger partial charge < -0.3 is 4.90 Å². The monoisotopic (exact) mass is 683 g/mol. The van der Waals surface area contributed by atoms with Crippen LogP contribution in [-0.4, -0.2) is 19.2 Å². The normalized spacial score (nSPS) is 11.5. The first-order valence-electron chi connectivity index (χ1n) is 16.0. The number of hydrogen-bond donors (Lipinski definition) is 1. The molecule has 1 N–H and O–H groups in total. The summed E-state index contributed by atoms with van der Waals surface area (Å²) in [5.41, 5.74) is -4.75. The molecule has 0 aliphatic carbocycles. The van der Waals surface area contributed by atoms with Crippen LogP contribution in [-0.2, 0) is 6.54 Å². The van der Waals surface area contributed by atoms with E-state index in [2.05, 4.69) is 44.2 Å². The second kappa shape index (κ2) is 15.4. The first-order valence-corrected chi connectivity index (χ1v) is 16.0. The molecule has 0 aromatic heterocycles. The molecule has 0 radical (unpaired) electrons. The van der Waals surface area contributed by atoms with Gasteiger partial charge in [-0.3, -0.25) is 0 Å². The van der Waals surface area contributed by atoms with Crippen LogP contribution in [0.5, 0.6) is 0 Å². The summed E-state index contributed by atoms with van der Waals surface area (Å²) < 4.78 is 127. The zero-order chi connectivity index (χ0) is 36.2. The predicted molar refractivity (Wildman–Crippen MR) is 181 cm³/mol. The highest BCUT2D eigenvalue weighted by molar-refractivity contribution is 7.20. The molecule has 5 rings (SSSR count). The summed E-state index contributed by atoms with van der Waals surface area (Å²) >= 11 is 0. The number of aryl methyl sites for hydroxylation is 4. The highest BCUT2D eigenvalue weighted by Crippen LogP contribution is 2.25. The Labute approximate surface area is 282 Å². The maximum atomic E-state index is 15.9. The molecule has 0 saturated heterocycles. The van der Waals surface area contributed by atoms with Crippen molar-refractivity contribution in [1.82, 2.24) is 0 Å². The van der Waals surface area contributed by atoms with E-state index in [1.807, 2.05) is 0 Å². The third-order valence-corrected chi connectivity index (χ3v) is 9.31. The molecular formula is C39H38BF8N. The molecule has 0 saturated carbocycles. The molecule has 5 aromatic carbocycles. The summed E-state index contributed by atoms with van der Waals surface area (Å²) in [6.07, 6.45) is -4.50. The quantitative estimate of drug-likeness (QED) is 0.140. The minimum Gasteiger partial charge on any atom is -0.332 e. The predicted octanol–water partition coefficient (Wildman–Crippen LogP) is 6.52. The fourth-order valence-electron chi connectivity index (χ4n) is 6.55. The van der Waals surface area contributed by atoms with E-state index in [0.717, 1.165) is 30.8 Å². The smallest absolute Gasteiger partial charge is 0.136 e. The molecule has 0 amide bonds. The van der Waals surface area contributed by atoms with Crippen LogP contribution in [0.3, 0.4) is 0 Å². The van der Waals surface area contributed by atoms with Gasteiger partial charge in [-0.25, -0.2) is 35.1 Å². The van der Waals surface area contributed by atoms with Gasteiger partial charge in [-0.05, 0) is 88.1 Å². The topological polar surface area (TPSA) is 4.44 Å². The Kier molecular flexibility index (Phi) is 11.8. The van der Waals surface area contributed by atoms with Crippen LogP contribution in [0.25, 0.3) is 0 Å². The van der Waals surface area contributed by atoms with Gasteiger partial charge in [0.1, 0.15) is 12.7 Å². The largest absolute Gasteiger partial charge is 0.332 e. The number of rotatable bonds is 8. The van der Waals surface area contributed by atoms with Gasteiger partial charge in [-0.15, -0.1) is 21.9 Å². The Balaban J connectivity index is 0.000000380. The second-order valence-corrected chi connectivity index (χ2v) is 12.4. The minimum absolute atomic E-state index is 0.280. The Hall–Kier alpha value is -4.44. The molecule has 0 aliphatic rings. The maximum absolute atomic E-state index is 15.9. The van der Waals surface area contributed by atoms with Crippen molar-refractivity contribution >= 4 is 28.0 Å². The van der Waals surface area contributed by atoms with Gasteiger partial charge in [-0.2, -0.15) is 0 Å². The van der Waals surface area contributed by atoms with Crippen molar-refractivity contribution in [3.05, 3.63) is 153 Å². The van der Waals surface area contributed by atoms with Crippen molar-refractivity contribution in [1.29, 1.82) is 0 Å². The van der Waals surface area contributed by atoms with Crippen molar-refractivity contribution in [2.75, 3.05) is 13.1 Å². The molecule has 0 aliphatic heterocycles.